The highest BCUT2D eigenvalue weighted by Gasteiger charge is 2.57. The molecule has 0 unspecified atom stereocenters. The lowest BCUT2D eigenvalue weighted by molar-refractivity contribution is -0.340. The number of rotatable bonds is 12. The molecule has 2 rings (SSSR count). The van der Waals surface area contributed by atoms with Crippen LogP contribution in [0.15, 0.2) is 0 Å². The van der Waals surface area contributed by atoms with Gasteiger partial charge in [0.15, 0.2) is 36.8 Å². The SMILES string of the molecule is CS[C@@H]1O[C@H](COC(C)=O)[C@@H](OC(C)=O)[C@H](O[C@H]2O[C@H](COC(C)=O)[C@@H](OC(C)=O)[C@H](OC(C)=O)[C@H]2OC(C)=O)[C@H]1OC(C)=O. The second-order valence-electron chi connectivity index (χ2n) is 9.90. The molecule has 0 N–H and O–H groups in total. The van der Waals surface area contributed by atoms with Gasteiger partial charge in [-0.05, 0) is 6.26 Å². The Bertz CT molecular complexity index is 1110. The highest BCUT2D eigenvalue weighted by atomic mass is 32.2. The fraction of sp³-hybridized carbons (Fsp3) is 0.741. The molecule has 2 aliphatic heterocycles. The molecule has 2 heterocycles. The third-order valence-corrected chi connectivity index (χ3v) is 6.96. The molecule has 45 heavy (non-hydrogen) atoms. The molecule has 0 radical (unpaired) electrons. The molecule has 254 valence electrons. The highest BCUT2D eigenvalue weighted by Crippen LogP contribution is 2.37. The molecule has 0 aromatic carbocycles. The minimum atomic E-state index is -1.72. The Labute approximate surface area is 263 Å². The standard InChI is InChI=1S/C27H38O17S/c1-11(28)35-9-18-20(37-13(3)30)22(39-15(5)32)24(40-16(6)33)26(42-18)44-23-21(38-14(4)31)19(10-36-12(2)29)43-27(45-8)25(23)41-17(7)34/h18-27H,9-10H2,1-8H3/t18-,19-,20-,21-,22+,23+,24-,25-,26-,27+/m1/s1. The van der Waals surface area contributed by atoms with E-state index in [1.54, 1.807) is 6.26 Å². The summed E-state index contributed by atoms with van der Waals surface area (Å²) in [6.45, 7) is 6.71. The summed E-state index contributed by atoms with van der Waals surface area (Å²) in [7, 11) is 0. The topological polar surface area (TPSA) is 212 Å². The number of esters is 7. The van der Waals surface area contributed by atoms with Crippen LogP contribution in [0.1, 0.15) is 48.5 Å². The summed E-state index contributed by atoms with van der Waals surface area (Å²) in [5.74, 6) is -5.56. The van der Waals surface area contributed by atoms with Crippen molar-refractivity contribution < 1.29 is 80.9 Å². The molecule has 0 aromatic heterocycles. The number of hydrogen-bond acceptors (Lipinski definition) is 18. The Hall–Kier alpha value is -3.48. The average molecular weight is 667 g/mol. The van der Waals surface area contributed by atoms with Gasteiger partial charge in [0.1, 0.15) is 37.0 Å². The fourth-order valence-corrected chi connectivity index (χ4v) is 5.39. The molecule has 18 heteroatoms. The Morgan fingerprint density at radius 3 is 1.29 bits per heavy atom. The highest BCUT2D eigenvalue weighted by molar-refractivity contribution is 7.99. The Kier molecular flexibility index (Phi) is 14.5. The lowest BCUT2D eigenvalue weighted by atomic mass is 9.96. The molecule has 0 bridgehead atoms. The Balaban J connectivity index is 2.70. The zero-order chi connectivity index (χ0) is 34.0. The maximum atomic E-state index is 12.3. The van der Waals surface area contributed by atoms with Gasteiger partial charge in [0.05, 0.1) is 0 Å². The monoisotopic (exact) mass is 666 g/mol. The van der Waals surface area contributed by atoms with Gasteiger partial charge in [-0.1, -0.05) is 0 Å². The van der Waals surface area contributed by atoms with E-state index in [1.165, 1.54) is 0 Å². The van der Waals surface area contributed by atoms with Crippen LogP contribution in [-0.2, 0) is 80.9 Å². The first-order valence-electron chi connectivity index (χ1n) is 13.7. The summed E-state index contributed by atoms with van der Waals surface area (Å²) in [4.78, 5) is 84.2. The number of carbonyl (C=O) groups excluding carboxylic acids is 7. The molecule has 0 saturated carbocycles. The van der Waals surface area contributed by atoms with E-state index in [1.807, 2.05) is 0 Å². The van der Waals surface area contributed by atoms with E-state index in [-0.39, 0.29) is 0 Å². The predicted molar refractivity (Wildman–Crippen MR) is 147 cm³/mol. The van der Waals surface area contributed by atoms with E-state index in [4.69, 9.17) is 47.4 Å². The minimum absolute atomic E-state index is 0.407. The fourth-order valence-electron chi connectivity index (χ4n) is 4.66. The zero-order valence-corrected chi connectivity index (χ0v) is 26.9. The molecular weight excluding hydrogens is 628 g/mol. The van der Waals surface area contributed by atoms with Crippen molar-refractivity contribution in [1.82, 2.24) is 0 Å². The first kappa shape index (κ1) is 37.7. The quantitative estimate of drug-likeness (QED) is 0.198. The van der Waals surface area contributed by atoms with E-state index in [0.717, 1.165) is 60.2 Å². The van der Waals surface area contributed by atoms with E-state index in [9.17, 15) is 33.6 Å². The van der Waals surface area contributed by atoms with Gasteiger partial charge in [-0.3, -0.25) is 33.6 Å². The summed E-state index contributed by atoms with van der Waals surface area (Å²) >= 11 is 1.09. The Morgan fingerprint density at radius 1 is 0.489 bits per heavy atom. The van der Waals surface area contributed by atoms with E-state index < -0.39 is 116 Å². The van der Waals surface area contributed by atoms with Crippen molar-refractivity contribution in [3.8, 4) is 0 Å². The van der Waals surface area contributed by atoms with Gasteiger partial charge in [-0.2, -0.15) is 0 Å². The van der Waals surface area contributed by atoms with Crippen LogP contribution in [-0.4, -0.2) is 122 Å². The predicted octanol–water partition coefficient (Wildman–Crippen LogP) is -0.0309. The average Bonchev–Trinajstić information content (AvgIpc) is 2.90. The van der Waals surface area contributed by atoms with E-state index in [0.29, 0.717) is 0 Å². The van der Waals surface area contributed by atoms with Crippen LogP contribution in [0.2, 0.25) is 0 Å². The van der Waals surface area contributed by atoms with Gasteiger partial charge < -0.3 is 47.4 Å². The van der Waals surface area contributed by atoms with Crippen molar-refractivity contribution >= 4 is 53.5 Å². The second kappa shape index (κ2) is 17.3. The smallest absolute Gasteiger partial charge is 0.303 e. The Morgan fingerprint density at radius 2 is 0.867 bits per heavy atom. The molecular formula is C27H38O17S. The summed E-state index contributed by atoms with van der Waals surface area (Å²) in [5.41, 5.74) is -0.975. The number of ether oxygens (including phenoxy) is 10. The first-order chi connectivity index (χ1) is 21.0. The molecule has 0 aromatic rings. The van der Waals surface area contributed by atoms with Crippen molar-refractivity contribution in [2.24, 2.45) is 0 Å². The van der Waals surface area contributed by atoms with Crippen LogP contribution >= 0.6 is 11.8 Å². The van der Waals surface area contributed by atoms with E-state index >= 15 is 0 Å². The first-order valence-corrected chi connectivity index (χ1v) is 14.9. The minimum Gasteiger partial charge on any atom is -0.463 e. The second-order valence-corrected chi connectivity index (χ2v) is 10.8. The van der Waals surface area contributed by atoms with Crippen molar-refractivity contribution in [2.45, 2.75) is 109 Å². The number of carbonyl (C=O) groups is 7. The molecule has 2 saturated heterocycles. The summed E-state index contributed by atoms with van der Waals surface area (Å²) in [5, 5.41) is 0. The zero-order valence-electron chi connectivity index (χ0n) is 26.0. The molecule has 0 aliphatic carbocycles. The van der Waals surface area contributed by atoms with Crippen molar-refractivity contribution in [3.63, 3.8) is 0 Å². The molecule has 2 fully saturated rings. The third kappa shape index (κ3) is 11.4. The van der Waals surface area contributed by atoms with Crippen LogP contribution in [0.4, 0.5) is 0 Å². The van der Waals surface area contributed by atoms with Gasteiger partial charge >= 0.3 is 41.8 Å². The van der Waals surface area contributed by atoms with Gasteiger partial charge in [0.2, 0.25) is 0 Å². The maximum Gasteiger partial charge on any atom is 0.303 e. The summed E-state index contributed by atoms with van der Waals surface area (Å²) in [6.07, 6.45) is -11.4. The van der Waals surface area contributed by atoms with Crippen LogP contribution < -0.4 is 0 Å². The van der Waals surface area contributed by atoms with Gasteiger partial charge in [-0.15, -0.1) is 11.8 Å². The molecule has 0 spiro atoms. The third-order valence-electron chi connectivity index (χ3n) is 6.12. The normalized spacial score (nSPS) is 31.0. The number of hydrogen-bond donors (Lipinski definition) is 0. The lowest BCUT2D eigenvalue weighted by Crippen LogP contribution is -2.67. The van der Waals surface area contributed by atoms with E-state index in [2.05, 4.69) is 0 Å². The van der Waals surface area contributed by atoms with Crippen molar-refractivity contribution in [1.29, 1.82) is 0 Å². The maximum absolute atomic E-state index is 12.3. The van der Waals surface area contributed by atoms with Gasteiger partial charge in [0, 0.05) is 48.5 Å². The lowest BCUT2D eigenvalue weighted by Gasteiger charge is -2.48. The summed E-state index contributed by atoms with van der Waals surface area (Å²) < 4.78 is 55.8. The number of thioether (sulfide) groups is 1. The van der Waals surface area contributed by atoms with Crippen LogP contribution in [0.5, 0.6) is 0 Å². The van der Waals surface area contributed by atoms with Crippen LogP contribution in [0.3, 0.4) is 0 Å². The molecule has 0 amide bonds. The van der Waals surface area contributed by atoms with Gasteiger partial charge in [0.25, 0.3) is 0 Å². The van der Waals surface area contributed by atoms with Crippen molar-refractivity contribution in [2.75, 3.05) is 19.5 Å². The molecule has 10 atom stereocenters. The van der Waals surface area contributed by atoms with Crippen molar-refractivity contribution in [3.05, 3.63) is 0 Å². The van der Waals surface area contributed by atoms with Gasteiger partial charge in [-0.25, -0.2) is 0 Å². The molecule has 17 nitrogen and oxygen atoms in total. The summed E-state index contributed by atoms with van der Waals surface area (Å²) in [6, 6.07) is 0. The van der Waals surface area contributed by atoms with Crippen LogP contribution in [0.25, 0.3) is 0 Å². The largest absolute Gasteiger partial charge is 0.463 e. The molecule has 2 aliphatic rings. The van der Waals surface area contributed by atoms with Crippen LogP contribution in [0, 0.1) is 0 Å².